The van der Waals surface area contributed by atoms with Crippen molar-refractivity contribution >= 4 is 39.1 Å². The van der Waals surface area contributed by atoms with Crippen molar-refractivity contribution < 1.29 is 31.2 Å². The molecule has 3 rings (SSSR count). The first-order chi connectivity index (χ1) is 19.4. The molecule has 0 saturated carbocycles. The fourth-order valence-corrected chi connectivity index (χ4v) is 5.80. The van der Waals surface area contributed by atoms with Crippen LogP contribution < -0.4 is 9.62 Å². The maximum atomic E-state index is 14.0. The van der Waals surface area contributed by atoms with Crippen molar-refractivity contribution in [3.63, 3.8) is 0 Å². The van der Waals surface area contributed by atoms with Crippen molar-refractivity contribution in [3.05, 3.63) is 95.0 Å². The average Bonchev–Trinajstić information content (AvgIpc) is 2.95. The number of alkyl halides is 3. The Labute approximate surface area is 243 Å². The van der Waals surface area contributed by atoms with E-state index in [1.165, 1.54) is 35.2 Å². The number of carbonyl (C=O) groups excluding carboxylic acids is 2. The Balaban J connectivity index is 2.11. The zero-order valence-electron chi connectivity index (χ0n) is 22.6. The quantitative estimate of drug-likeness (QED) is 0.278. The zero-order chi connectivity index (χ0) is 30.2. The molecule has 1 atom stereocenters. The second-order valence-electron chi connectivity index (χ2n) is 9.20. The largest absolute Gasteiger partial charge is 0.416 e. The van der Waals surface area contributed by atoms with E-state index in [9.17, 15) is 31.2 Å². The fourth-order valence-electron chi connectivity index (χ4n) is 4.18. The monoisotopic (exact) mass is 609 g/mol. The molecule has 1 unspecified atom stereocenters. The maximum Gasteiger partial charge on any atom is 0.416 e. The summed E-state index contributed by atoms with van der Waals surface area (Å²) in [5.41, 5.74) is -0.909. The molecule has 7 nitrogen and oxygen atoms in total. The van der Waals surface area contributed by atoms with Crippen LogP contribution in [0.15, 0.2) is 83.8 Å². The van der Waals surface area contributed by atoms with Gasteiger partial charge in [0.25, 0.3) is 10.0 Å². The lowest BCUT2D eigenvalue weighted by Gasteiger charge is -2.33. The highest BCUT2D eigenvalue weighted by atomic mass is 35.5. The summed E-state index contributed by atoms with van der Waals surface area (Å²) < 4.78 is 68.8. The third-order valence-electron chi connectivity index (χ3n) is 6.31. The molecular formula is C29H31ClF3N3O4S. The third kappa shape index (κ3) is 8.01. The summed E-state index contributed by atoms with van der Waals surface area (Å²) in [7, 11) is -4.50. The molecule has 1 N–H and O–H groups in total. The summed E-state index contributed by atoms with van der Waals surface area (Å²) in [5.74, 6) is -1.23. The van der Waals surface area contributed by atoms with Crippen LogP contribution >= 0.6 is 11.6 Å². The normalized spacial score (nSPS) is 12.4. The smallest absolute Gasteiger partial charge is 0.354 e. The van der Waals surface area contributed by atoms with Gasteiger partial charge in [0, 0.05) is 18.1 Å². The lowest BCUT2D eigenvalue weighted by atomic mass is 10.1. The van der Waals surface area contributed by atoms with E-state index in [0.29, 0.717) is 33.9 Å². The lowest BCUT2D eigenvalue weighted by Crippen LogP contribution is -2.52. The molecule has 0 aliphatic heterocycles. The van der Waals surface area contributed by atoms with E-state index >= 15 is 0 Å². The van der Waals surface area contributed by atoms with Gasteiger partial charge in [0.1, 0.15) is 12.6 Å². The van der Waals surface area contributed by atoms with E-state index in [1.54, 1.807) is 37.3 Å². The van der Waals surface area contributed by atoms with Crippen LogP contribution in [-0.2, 0) is 32.3 Å². The van der Waals surface area contributed by atoms with Gasteiger partial charge in [-0.3, -0.25) is 13.9 Å². The standard InChI is InChI=1S/C29H31ClF3N3O4S/c1-3-17-34-28(38)26(4-2)35(19-21-11-8-9-16-25(21)30)27(37)20-36(41(39,40)24-14-6-5-7-15-24)23-13-10-12-22(18-23)29(31,32)33/h5-16,18,26H,3-4,17,19-20H2,1-2H3,(H,34,38). The molecule has 3 aromatic carbocycles. The highest BCUT2D eigenvalue weighted by Gasteiger charge is 2.36. The summed E-state index contributed by atoms with van der Waals surface area (Å²) in [6.07, 6.45) is -3.90. The van der Waals surface area contributed by atoms with E-state index in [0.717, 1.165) is 12.1 Å². The Morgan fingerprint density at radius 3 is 2.22 bits per heavy atom. The van der Waals surface area contributed by atoms with Gasteiger partial charge in [-0.15, -0.1) is 0 Å². The van der Waals surface area contributed by atoms with Gasteiger partial charge in [0.05, 0.1) is 16.1 Å². The summed E-state index contributed by atoms with van der Waals surface area (Å²) in [5, 5.41) is 3.10. The van der Waals surface area contributed by atoms with Gasteiger partial charge >= 0.3 is 6.18 Å². The highest BCUT2D eigenvalue weighted by molar-refractivity contribution is 7.92. The average molecular weight is 610 g/mol. The van der Waals surface area contributed by atoms with Gasteiger partial charge in [0.2, 0.25) is 11.8 Å². The van der Waals surface area contributed by atoms with Crippen LogP contribution in [0.3, 0.4) is 0 Å². The number of nitrogens with one attached hydrogen (secondary N) is 1. The molecule has 3 aromatic rings. The van der Waals surface area contributed by atoms with E-state index in [-0.39, 0.29) is 23.5 Å². The van der Waals surface area contributed by atoms with Crippen molar-refractivity contribution in [2.45, 2.75) is 50.3 Å². The van der Waals surface area contributed by atoms with Crippen LogP contribution in [0.1, 0.15) is 37.8 Å². The van der Waals surface area contributed by atoms with Gasteiger partial charge in [-0.2, -0.15) is 13.2 Å². The van der Waals surface area contributed by atoms with Gasteiger partial charge in [-0.25, -0.2) is 8.42 Å². The number of sulfonamides is 1. The van der Waals surface area contributed by atoms with Crippen molar-refractivity contribution in [1.82, 2.24) is 10.2 Å². The number of rotatable bonds is 12. The molecule has 0 bridgehead atoms. The minimum Gasteiger partial charge on any atom is -0.354 e. The molecule has 0 aliphatic carbocycles. The van der Waals surface area contributed by atoms with Crippen LogP contribution in [0.4, 0.5) is 18.9 Å². The van der Waals surface area contributed by atoms with Crippen LogP contribution in [0.25, 0.3) is 0 Å². The minimum atomic E-state index is -4.75. The van der Waals surface area contributed by atoms with Crippen molar-refractivity contribution in [1.29, 1.82) is 0 Å². The number of carbonyl (C=O) groups is 2. The third-order valence-corrected chi connectivity index (χ3v) is 8.46. The van der Waals surface area contributed by atoms with Crippen molar-refractivity contribution in [3.8, 4) is 0 Å². The van der Waals surface area contributed by atoms with Crippen molar-refractivity contribution in [2.24, 2.45) is 0 Å². The molecule has 12 heteroatoms. The number of hydrogen-bond donors (Lipinski definition) is 1. The topological polar surface area (TPSA) is 86.8 Å². The Kier molecular flexibility index (Phi) is 10.8. The van der Waals surface area contributed by atoms with E-state index in [1.807, 2.05) is 6.92 Å². The Morgan fingerprint density at radius 1 is 0.951 bits per heavy atom. The summed E-state index contributed by atoms with van der Waals surface area (Å²) in [6, 6.07) is 16.5. The molecule has 220 valence electrons. The molecule has 41 heavy (non-hydrogen) atoms. The number of benzene rings is 3. The first kappa shape index (κ1) is 32.0. The first-order valence-electron chi connectivity index (χ1n) is 13.0. The molecule has 0 saturated heterocycles. The molecular weight excluding hydrogens is 579 g/mol. The van der Waals surface area contributed by atoms with E-state index in [2.05, 4.69) is 5.32 Å². The van der Waals surface area contributed by atoms with Gasteiger partial charge in [0.15, 0.2) is 0 Å². The fraction of sp³-hybridized carbons (Fsp3) is 0.310. The summed E-state index contributed by atoms with van der Waals surface area (Å²) in [6.45, 7) is 2.95. The predicted molar refractivity (Wildman–Crippen MR) is 152 cm³/mol. The van der Waals surface area contributed by atoms with Gasteiger partial charge in [-0.05, 0) is 54.8 Å². The molecule has 0 radical (unpaired) electrons. The summed E-state index contributed by atoms with van der Waals surface area (Å²) >= 11 is 6.35. The van der Waals surface area contributed by atoms with Crippen LogP contribution in [0, 0.1) is 0 Å². The molecule has 0 spiro atoms. The molecule has 2 amide bonds. The molecule has 0 aromatic heterocycles. The number of nitrogens with zero attached hydrogens (tertiary/aromatic N) is 2. The number of halogens is 4. The Morgan fingerprint density at radius 2 is 1.61 bits per heavy atom. The Bertz CT molecular complexity index is 1450. The second kappa shape index (κ2) is 13.9. The van der Waals surface area contributed by atoms with E-state index < -0.39 is 46.2 Å². The van der Waals surface area contributed by atoms with Crippen LogP contribution in [0.5, 0.6) is 0 Å². The summed E-state index contributed by atoms with van der Waals surface area (Å²) in [4.78, 5) is 28.0. The first-order valence-corrected chi connectivity index (χ1v) is 14.8. The zero-order valence-corrected chi connectivity index (χ0v) is 24.1. The second-order valence-corrected chi connectivity index (χ2v) is 11.5. The highest BCUT2D eigenvalue weighted by Crippen LogP contribution is 2.33. The SMILES string of the molecule is CCCNC(=O)C(CC)N(Cc1ccccc1Cl)C(=O)CN(c1cccc(C(F)(F)F)c1)S(=O)(=O)c1ccccc1. The number of anilines is 1. The predicted octanol–water partition coefficient (Wildman–Crippen LogP) is 5.89. The van der Waals surface area contributed by atoms with E-state index in [4.69, 9.17) is 11.6 Å². The lowest BCUT2D eigenvalue weighted by molar-refractivity contribution is -0.140. The van der Waals surface area contributed by atoms with Crippen LogP contribution in [-0.4, -0.2) is 44.3 Å². The Hall–Kier alpha value is -3.57. The van der Waals surface area contributed by atoms with Crippen molar-refractivity contribution in [2.75, 3.05) is 17.4 Å². The van der Waals surface area contributed by atoms with Gasteiger partial charge < -0.3 is 10.2 Å². The molecule has 0 aliphatic rings. The maximum absolute atomic E-state index is 14.0. The minimum absolute atomic E-state index is 0.127. The number of amides is 2. The van der Waals surface area contributed by atoms with Gasteiger partial charge in [-0.1, -0.05) is 67.9 Å². The molecule has 0 heterocycles. The van der Waals surface area contributed by atoms with Crippen LogP contribution in [0.2, 0.25) is 5.02 Å². The molecule has 0 fully saturated rings. The number of hydrogen-bond acceptors (Lipinski definition) is 4.